The Bertz CT molecular complexity index is 2020. The van der Waals surface area contributed by atoms with Gasteiger partial charge in [-0.2, -0.15) is 0 Å². The van der Waals surface area contributed by atoms with Crippen molar-refractivity contribution in [3.05, 3.63) is 142 Å². The molecule has 0 atom stereocenters. The number of hydrogen-bond donors (Lipinski definition) is 0. The average molecular weight is 751 g/mol. The summed E-state index contributed by atoms with van der Waals surface area (Å²) in [5.41, 5.74) is 6.24. The molecule has 290 valence electrons. The smallest absolute Gasteiger partial charge is 0.278 e. The molecule has 8 heteroatoms. The van der Waals surface area contributed by atoms with Crippen LogP contribution in [0.25, 0.3) is 12.2 Å². The molecule has 0 aromatic heterocycles. The maximum atomic E-state index is 14.3. The van der Waals surface area contributed by atoms with Crippen LogP contribution in [0, 0.1) is 0 Å². The number of rotatable bonds is 11. The van der Waals surface area contributed by atoms with Gasteiger partial charge in [-0.05, 0) is 97.2 Å². The number of amidine groups is 2. The number of aliphatic imine (C=N–C) groups is 2. The lowest BCUT2D eigenvalue weighted by Gasteiger charge is -2.25. The fraction of sp³-hybridized carbons (Fsp3) is 0.333. The van der Waals surface area contributed by atoms with Crippen molar-refractivity contribution in [2.75, 3.05) is 13.1 Å². The summed E-state index contributed by atoms with van der Waals surface area (Å²) in [7, 11) is 0. The van der Waals surface area contributed by atoms with Crippen molar-refractivity contribution in [2.45, 2.75) is 92.3 Å². The van der Waals surface area contributed by atoms with Gasteiger partial charge in [0.05, 0.1) is 12.2 Å². The summed E-state index contributed by atoms with van der Waals surface area (Å²) in [5.74, 6) is 2.14. The third-order valence-electron chi connectivity index (χ3n) is 9.57. The summed E-state index contributed by atoms with van der Waals surface area (Å²) >= 11 is 0. The number of hydrogen-bond acceptors (Lipinski definition) is 6. The number of carbonyl (C=O) groups is 2. The van der Waals surface area contributed by atoms with E-state index in [2.05, 4.69) is 65.8 Å². The minimum atomic E-state index is -0.235. The second-order valence-electron chi connectivity index (χ2n) is 17.0. The summed E-state index contributed by atoms with van der Waals surface area (Å²) in [5, 5.41) is 0. The number of nitrogens with zero attached hydrogens (tertiary/aromatic N) is 4. The van der Waals surface area contributed by atoms with Crippen LogP contribution < -0.4 is 9.47 Å². The standard InChI is InChI=1S/C48H54N4O4/c1-31(2)55-39-23-11-33(12-24-39)29-41-45(53)51(43(49-41)35-15-19-37(20-16-35)47(5,6)7)27-28-52-44(36-17-21-38(22-18-36)48(8,9)10)50-42(46(52)54)30-34-13-25-40(26-14-34)56-32(3)4/h11-26,29-32H,27-28H2,1-10H3. The van der Waals surface area contributed by atoms with Crippen LogP contribution in [0.15, 0.2) is 118 Å². The molecule has 56 heavy (non-hydrogen) atoms. The van der Waals surface area contributed by atoms with Crippen molar-refractivity contribution in [1.82, 2.24) is 9.80 Å². The Morgan fingerprint density at radius 2 is 0.839 bits per heavy atom. The third-order valence-corrected chi connectivity index (χ3v) is 9.57. The lowest BCUT2D eigenvalue weighted by molar-refractivity contribution is -0.125. The molecule has 2 aliphatic rings. The minimum Gasteiger partial charge on any atom is -0.491 e. The molecule has 6 rings (SSSR count). The molecule has 0 radical (unpaired) electrons. The van der Waals surface area contributed by atoms with Crippen LogP contribution in [-0.4, -0.2) is 58.6 Å². The molecule has 0 N–H and O–H groups in total. The van der Waals surface area contributed by atoms with E-state index in [-0.39, 0.29) is 47.9 Å². The van der Waals surface area contributed by atoms with E-state index in [0.717, 1.165) is 33.8 Å². The lowest BCUT2D eigenvalue weighted by atomic mass is 9.86. The highest BCUT2D eigenvalue weighted by Crippen LogP contribution is 2.29. The first-order chi connectivity index (χ1) is 26.5. The van der Waals surface area contributed by atoms with Crippen molar-refractivity contribution in [3.63, 3.8) is 0 Å². The van der Waals surface area contributed by atoms with Gasteiger partial charge >= 0.3 is 0 Å². The summed E-state index contributed by atoms with van der Waals surface area (Å²) in [6.07, 6.45) is 3.71. The highest BCUT2D eigenvalue weighted by atomic mass is 16.5. The molecule has 0 spiro atoms. The maximum absolute atomic E-state index is 14.3. The zero-order chi connectivity index (χ0) is 40.4. The van der Waals surface area contributed by atoms with Crippen LogP contribution in [0.4, 0.5) is 0 Å². The highest BCUT2D eigenvalue weighted by molar-refractivity contribution is 6.21. The van der Waals surface area contributed by atoms with Gasteiger partial charge in [-0.25, -0.2) is 9.98 Å². The van der Waals surface area contributed by atoms with Crippen molar-refractivity contribution in [1.29, 1.82) is 0 Å². The summed E-state index contributed by atoms with van der Waals surface area (Å²) < 4.78 is 11.6. The molecular formula is C48H54N4O4. The first kappa shape index (κ1) is 39.9. The topological polar surface area (TPSA) is 83.8 Å². The number of ether oxygens (including phenoxy) is 2. The van der Waals surface area contributed by atoms with Gasteiger partial charge in [0, 0.05) is 24.2 Å². The Kier molecular flexibility index (Phi) is 11.5. The summed E-state index contributed by atoms with van der Waals surface area (Å²) in [6.45, 7) is 21.4. The molecular weight excluding hydrogens is 697 g/mol. The largest absolute Gasteiger partial charge is 0.491 e. The van der Waals surface area contributed by atoms with Gasteiger partial charge in [-0.1, -0.05) is 114 Å². The summed E-state index contributed by atoms with van der Waals surface area (Å²) in [4.78, 5) is 41.7. The molecule has 2 heterocycles. The molecule has 4 aromatic rings. The van der Waals surface area contributed by atoms with E-state index in [1.165, 1.54) is 11.1 Å². The van der Waals surface area contributed by atoms with E-state index in [1.807, 2.05) is 100 Å². The number of amides is 2. The van der Waals surface area contributed by atoms with Crippen molar-refractivity contribution < 1.29 is 19.1 Å². The van der Waals surface area contributed by atoms with Gasteiger partial charge in [0.2, 0.25) is 0 Å². The van der Waals surface area contributed by atoms with Crippen LogP contribution >= 0.6 is 0 Å². The Balaban J connectivity index is 1.33. The maximum Gasteiger partial charge on any atom is 0.278 e. The Morgan fingerprint density at radius 1 is 0.518 bits per heavy atom. The summed E-state index contributed by atoms with van der Waals surface area (Å²) in [6, 6.07) is 31.7. The molecule has 0 fully saturated rings. The average Bonchev–Trinajstić information content (AvgIpc) is 3.62. The van der Waals surface area contributed by atoms with Gasteiger partial charge in [0.1, 0.15) is 34.6 Å². The zero-order valence-electron chi connectivity index (χ0n) is 34.4. The van der Waals surface area contributed by atoms with Crippen molar-refractivity contribution in [3.8, 4) is 11.5 Å². The van der Waals surface area contributed by atoms with Gasteiger partial charge in [0.15, 0.2) is 0 Å². The van der Waals surface area contributed by atoms with Gasteiger partial charge in [0.25, 0.3) is 11.8 Å². The van der Waals surface area contributed by atoms with E-state index in [9.17, 15) is 9.59 Å². The lowest BCUT2D eigenvalue weighted by Crippen LogP contribution is -2.42. The SMILES string of the molecule is CC(C)Oc1ccc(C=C2N=C(c3ccc(C(C)(C)C)cc3)N(CCN3C(=O)C(=Cc4ccc(OC(C)C)cc4)N=C3c3ccc(C(C)(C)C)cc3)C2=O)cc1. The Morgan fingerprint density at radius 3 is 1.12 bits per heavy atom. The van der Waals surface area contributed by atoms with Crippen molar-refractivity contribution in [2.24, 2.45) is 9.98 Å². The van der Waals surface area contributed by atoms with Crippen LogP contribution in [-0.2, 0) is 20.4 Å². The highest BCUT2D eigenvalue weighted by Gasteiger charge is 2.36. The van der Waals surface area contributed by atoms with Crippen LogP contribution in [0.1, 0.15) is 103 Å². The molecule has 0 unspecified atom stereocenters. The second-order valence-corrected chi connectivity index (χ2v) is 17.0. The molecule has 0 saturated carbocycles. The molecule has 0 aliphatic carbocycles. The van der Waals surface area contributed by atoms with E-state index >= 15 is 0 Å². The fourth-order valence-corrected chi connectivity index (χ4v) is 6.54. The molecule has 4 aromatic carbocycles. The molecule has 8 nitrogen and oxygen atoms in total. The van der Waals surface area contributed by atoms with E-state index in [4.69, 9.17) is 19.5 Å². The zero-order valence-corrected chi connectivity index (χ0v) is 34.4. The molecule has 2 aliphatic heterocycles. The minimum absolute atomic E-state index is 0.0336. The number of carbonyl (C=O) groups excluding carboxylic acids is 2. The van der Waals surface area contributed by atoms with E-state index in [0.29, 0.717) is 23.1 Å². The van der Waals surface area contributed by atoms with E-state index in [1.54, 1.807) is 22.0 Å². The predicted molar refractivity (Wildman–Crippen MR) is 227 cm³/mol. The monoisotopic (exact) mass is 750 g/mol. The molecule has 0 bridgehead atoms. The molecule has 2 amide bonds. The van der Waals surface area contributed by atoms with Crippen LogP contribution in [0.2, 0.25) is 0 Å². The number of benzene rings is 4. The van der Waals surface area contributed by atoms with Gasteiger partial charge < -0.3 is 9.47 Å². The second kappa shape index (κ2) is 16.1. The van der Waals surface area contributed by atoms with Crippen molar-refractivity contribution >= 4 is 35.6 Å². The van der Waals surface area contributed by atoms with E-state index < -0.39 is 0 Å². The first-order valence-corrected chi connectivity index (χ1v) is 19.5. The fourth-order valence-electron chi connectivity index (χ4n) is 6.54. The third kappa shape index (κ3) is 9.36. The molecule has 0 saturated heterocycles. The predicted octanol–water partition coefficient (Wildman–Crippen LogP) is 9.82. The van der Waals surface area contributed by atoms with Crippen LogP contribution in [0.5, 0.6) is 11.5 Å². The van der Waals surface area contributed by atoms with Crippen LogP contribution in [0.3, 0.4) is 0 Å². The normalized spacial score (nSPS) is 16.4. The van der Waals surface area contributed by atoms with Gasteiger partial charge in [-0.15, -0.1) is 0 Å². The van der Waals surface area contributed by atoms with Gasteiger partial charge in [-0.3, -0.25) is 19.4 Å². The quantitative estimate of drug-likeness (QED) is 0.143. The Labute approximate surface area is 332 Å². The Hall–Kier alpha value is -5.76. The first-order valence-electron chi connectivity index (χ1n) is 19.5.